The molecule has 0 fully saturated rings. The number of halogens is 1. The number of carbonyl (C=O) groups is 1. The number of rotatable bonds is 5. The molecule has 0 radical (unpaired) electrons. The van der Waals surface area contributed by atoms with Crippen molar-refractivity contribution in [3.8, 4) is 11.5 Å². The summed E-state index contributed by atoms with van der Waals surface area (Å²) in [5.74, 6) is 0.114. The van der Waals surface area contributed by atoms with Gasteiger partial charge in [0, 0.05) is 30.1 Å². The highest BCUT2D eigenvalue weighted by Crippen LogP contribution is 2.33. The van der Waals surface area contributed by atoms with Crippen LogP contribution in [0.4, 0.5) is 15.9 Å². The molecule has 5 N–H and O–H groups in total. The molecule has 8 heteroatoms. The zero-order valence-electron chi connectivity index (χ0n) is 12.8. The van der Waals surface area contributed by atoms with Gasteiger partial charge in [-0.3, -0.25) is 4.79 Å². The van der Waals surface area contributed by atoms with Crippen LogP contribution in [0.25, 0.3) is 0 Å². The second-order valence-electron chi connectivity index (χ2n) is 5.34. The average Bonchev–Trinajstić information content (AvgIpc) is 3.06. The quantitative estimate of drug-likeness (QED) is 0.656. The predicted molar refractivity (Wildman–Crippen MR) is 86.6 cm³/mol. The van der Waals surface area contributed by atoms with Crippen LogP contribution >= 0.6 is 0 Å². The number of nitrogens with two attached hydrogens (primary N) is 1. The minimum atomic E-state index is -1.06. The molecule has 0 aliphatic carbocycles. The number of aliphatic hydroxyl groups is 1. The molecule has 2 aromatic rings. The van der Waals surface area contributed by atoms with E-state index in [4.69, 9.17) is 15.6 Å². The van der Waals surface area contributed by atoms with Crippen LogP contribution in [-0.4, -0.2) is 35.2 Å². The monoisotopic (exact) mass is 332 g/mol. The van der Waals surface area contributed by atoms with Crippen molar-refractivity contribution in [1.29, 1.82) is 0 Å². The molecule has 1 aliphatic rings. The first kappa shape index (κ1) is 16.2. The second-order valence-corrected chi connectivity index (χ2v) is 5.34. The van der Waals surface area contributed by atoms with Crippen LogP contribution in [-0.2, 0) is 11.2 Å². The molecule has 0 spiro atoms. The van der Waals surface area contributed by atoms with E-state index in [1.165, 1.54) is 12.1 Å². The molecule has 2 heterocycles. The number of ether oxygens (including phenoxy) is 1. The molecule has 1 atom stereocenters. The second kappa shape index (κ2) is 6.81. The molecule has 126 valence electrons. The van der Waals surface area contributed by atoms with Crippen molar-refractivity contribution in [1.82, 2.24) is 4.98 Å². The molecule has 0 saturated carbocycles. The van der Waals surface area contributed by atoms with Crippen LogP contribution in [0.5, 0.6) is 11.5 Å². The van der Waals surface area contributed by atoms with Crippen LogP contribution in [0.3, 0.4) is 0 Å². The van der Waals surface area contributed by atoms with Crippen molar-refractivity contribution < 1.29 is 19.0 Å². The largest absolute Gasteiger partial charge is 0.454 e. The highest BCUT2D eigenvalue weighted by Gasteiger charge is 2.18. The van der Waals surface area contributed by atoms with E-state index in [2.05, 4.69) is 15.6 Å². The number of carbonyl (C=O) groups excluding carboxylic acids is 1. The lowest BCUT2D eigenvalue weighted by atomic mass is 10.2. The summed E-state index contributed by atoms with van der Waals surface area (Å²) < 4.78 is 19.9. The Labute approximate surface area is 137 Å². The Bertz CT molecular complexity index is 769. The van der Waals surface area contributed by atoms with Gasteiger partial charge in [-0.05, 0) is 24.6 Å². The Morgan fingerprint density at radius 3 is 3.04 bits per heavy atom. The Morgan fingerprint density at radius 2 is 2.29 bits per heavy atom. The Balaban J connectivity index is 1.76. The molecular weight excluding hydrogens is 315 g/mol. The number of anilines is 2. The lowest BCUT2D eigenvalue weighted by Crippen LogP contribution is -2.38. The lowest BCUT2D eigenvalue weighted by Gasteiger charge is -2.12. The topological polar surface area (TPSA) is 110 Å². The van der Waals surface area contributed by atoms with Gasteiger partial charge >= 0.3 is 0 Å². The maximum Gasteiger partial charge on any atom is 0.243 e. The Kier molecular flexibility index (Phi) is 4.59. The van der Waals surface area contributed by atoms with Crippen LogP contribution in [0, 0.1) is 5.82 Å². The lowest BCUT2D eigenvalue weighted by molar-refractivity contribution is -0.118. The number of hydrogen-bond donors (Lipinski definition) is 4. The molecule has 0 unspecified atom stereocenters. The van der Waals surface area contributed by atoms with Crippen LogP contribution in [0.2, 0.25) is 0 Å². The fourth-order valence-corrected chi connectivity index (χ4v) is 2.37. The van der Waals surface area contributed by atoms with Gasteiger partial charge in [0.2, 0.25) is 5.91 Å². The van der Waals surface area contributed by atoms with E-state index in [1.807, 2.05) is 0 Å². The van der Waals surface area contributed by atoms with Crippen molar-refractivity contribution in [3.05, 3.63) is 41.8 Å². The molecule has 1 amide bonds. The van der Waals surface area contributed by atoms with Gasteiger partial charge in [-0.2, -0.15) is 0 Å². The van der Waals surface area contributed by atoms with E-state index in [0.29, 0.717) is 5.75 Å². The number of hydrogen-bond acceptors (Lipinski definition) is 6. The van der Waals surface area contributed by atoms with Gasteiger partial charge in [-0.1, -0.05) is 0 Å². The van der Waals surface area contributed by atoms with Gasteiger partial charge in [0.05, 0.1) is 6.61 Å². The third-order valence-corrected chi connectivity index (χ3v) is 3.63. The fourth-order valence-electron chi connectivity index (χ4n) is 2.37. The molecule has 1 aliphatic heterocycles. The molecule has 1 aromatic carbocycles. The summed E-state index contributed by atoms with van der Waals surface area (Å²) in [5.41, 5.74) is 6.53. The van der Waals surface area contributed by atoms with E-state index in [1.54, 1.807) is 12.3 Å². The summed E-state index contributed by atoms with van der Waals surface area (Å²) in [6, 6.07) is 4.68. The van der Waals surface area contributed by atoms with Crippen LogP contribution < -0.4 is 21.1 Å². The van der Waals surface area contributed by atoms with Gasteiger partial charge in [0.25, 0.3) is 0 Å². The average molecular weight is 332 g/mol. The number of benzene rings is 1. The number of pyridine rings is 1. The number of amides is 1. The fraction of sp³-hybridized carbons (Fsp3) is 0.250. The minimum absolute atomic E-state index is 0.0414. The predicted octanol–water partition coefficient (Wildman–Crippen LogP) is 1.24. The number of aliphatic hydroxyl groups excluding tert-OH is 1. The molecule has 7 nitrogen and oxygen atoms in total. The number of nitrogens with zero attached hydrogens (tertiary/aromatic N) is 1. The van der Waals surface area contributed by atoms with Gasteiger partial charge in [0.15, 0.2) is 11.6 Å². The summed E-state index contributed by atoms with van der Waals surface area (Å²) in [4.78, 5) is 15.8. The molecule has 0 bridgehead atoms. The highest BCUT2D eigenvalue weighted by atomic mass is 19.1. The van der Waals surface area contributed by atoms with E-state index in [-0.39, 0.29) is 11.4 Å². The van der Waals surface area contributed by atoms with Gasteiger partial charge < -0.3 is 26.2 Å². The smallest absolute Gasteiger partial charge is 0.243 e. The molecule has 3 rings (SSSR count). The number of nitrogens with one attached hydrogen (secondary N) is 2. The molecule has 0 saturated heterocycles. The zero-order valence-corrected chi connectivity index (χ0v) is 12.8. The minimum Gasteiger partial charge on any atom is -0.454 e. The summed E-state index contributed by atoms with van der Waals surface area (Å²) in [5, 5.41) is 14.4. The standard InChI is InChI=1S/C16H17FN4O3/c17-11-7-9(21-16(23)12(18)8-22)1-2-14(11)24-13-4-6-20-15-10(13)3-5-19-15/h1-2,4,6-7,12,22H,3,5,8,18H2,(H,19,20)(H,21,23)/t12-/m0/s1. The normalized spacial score (nSPS) is 13.8. The van der Waals surface area contributed by atoms with E-state index >= 15 is 0 Å². The van der Waals surface area contributed by atoms with E-state index < -0.39 is 24.4 Å². The zero-order chi connectivity index (χ0) is 17.1. The summed E-state index contributed by atoms with van der Waals surface area (Å²) >= 11 is 0. The van der Waals surface area contributed by atoms with E-state index in [0.717, 1.165) is 30.4 Å². The van der Waals surface area contributed by atoms with Gasteiger partial charge in [0.1, 0.15) is 17.6 Å². The molecule has 1 aromatic heterocycles. The van der Waals surface area contributed by atoms with Gasteiger partial charge in [-0.25, -0.2) is 9.37 Å². The maximum absolute atomic E-state index is 14.2. The van der Waals surface area contributed by atoms with Gasteiger partial charge in [-0.15, -0.1) is 0 Å². The maximum atomic E-state index is 14.2. The first-order valence-corrected chi connectivity index (χ1v) is 7.45. The first-order chi connectivity index (χ1) is 11.6. The SMILES string of the molecule is N[C@@H](CO)C(=O)Nc1ccc(Oc2ccnc3c2CCN3)c(F)c1. The molecular formula is C16H17FN4O3. The van der Waals surface area contributed by atoms with Crippen molar-refractivity contribution in [2.24, 2.45) is 5.73 Å². The van der Waals surface area contributed by atoms with Crippen LogP contribution in [0.1, 0.15) is 5.56 Å². The third-order valence-electron chi connectivity index (χ3n) is 3.63. The summed E-state index contributed by atoms with van der Waals surface area (Å²) in [7, 11) is 0. The van der Waals surface area contributed by atoms with Crippen molar-refractivity contribution >= 4 is 17.4 Å². The number of fused-ring (bicyclic) bond motifs is 1. The van der Waals surface area contributed by atoms with Crippen molar-refractivity contribution in [2.75, 3.05) is 23.8 Å². The highest BCUT2D eigenvalue weighted by molar-refractivity contribution is 5.94. The van der Waals surface area contributed by atoms with E-state index in [9.17, 15) is 9.18 Å². The molecule has 24 heavy (non-hydrogen) atoms. The summed E-state index contributed by atoms with van der Waals surface area (Å²) in [6.45, 7) is 0.276. The van der Waals surface area contributed by atoms with Crippen molar-refractivity contribution in [3.63, 3.8) is 0 Å². The van der Waals surface area contributed by atoms with Crippen molar-refractivity contribution in [2.45, 2.75) is 12.5 Å². The first-order valence-electron chi connectivity index (χ1n) is 7.45. The van der Waals surface area contributed by atoms with Crippen LogP contribution in [0.15, 0.2) is 30.5 Å². The Morgan fingerprint density at radius 1 is 1.46 bits per heavy atom. The third kappa shape index (κ3) is 3.29. The number of aromatic nitrogens is 1. The summed E-state index contributed by atoms with van der Waals surface area (Å²) in [6.07, 6.45) is 2.35. The Hall–Kier alpha value is -2.71.